The fourth-order valence-electron chi connectivity index (χ4n) is 2.32. The van der Waals surface area contributed by atoms with Gasteiger partial charge in [0.15, 0.2) is 0 Å². The molecule has 1 unspecified atom stereocenters. The molecule has 1 atom stereocenters. The average Bonchev–Trinajstić information content (AvgIpc) is 2.23. The summed E-state index contributed by atoms with van der Waals surface area (Å²) in [5, 5.41) is 9.34. The number of nitrogens with zero attached hydrogens (tertiary/aromatic N) is 2. The highest BCUT2D eigenvalue weighted by Crippen LogP contribution is 2.20. The largest absolute Gasteiger partial charge is 0.480 e. The molecule has 2 aliphatic heterocycles. The van der Waals surface area contributed by atoms with E-state index in [1.165, 1.54) is 4.90 Å². The zero-order chi connectivity index (χ0) is 14.9. The lowest BCUT2D eigenvalue weighted by molar-refractivity contribution is -0.149. The highest BCUT2D eigenvalue weighted by Gasteiger charge is 2.40. The highest BCUT2D eigenvalue weighted by molar-refractivity contribution is 5.80. The van der Waals surface area contributed by atoms with E-state index in [1.54, 1.807) is 20.8 Å². The van der Waals surface area contributed by atoms with Crippen molar-refractivity contribution in [2.75, 3.05) is 32.8 Å². The van der Waals surface area contributed by atoms with Gasteiger partial charge in [0.05, 0.1) is 19.3 Å². The van der Waals surface area contributed by atoms with Crippen molar-refractivity contribution in [3.05, 3.63) is 0 Å². The summed E-state index contributed by atoms with van der Waals surface area (Å²) in [5.74, 6) is -0.999. The van der Waals surface area contributed by atoms with Gasteiger partial charge in [-0.3, -0.25) is 9.80 Å². The normalized spacial score (nSPS) is 25.1. The van der Waals surface area contributed by atoms with Gasteiger partial charge in [-0.1, -0.05) is 0 Å². The number of rotatable bonds is 2. The Morgan fingerprint density at radius 3 is 2.35 bits per heavy atom. The minimum atomic E-state index is -0.999. The molecule has 0 radical (unpaired) electrons. The summed E-state index contributed by atoms with van der Waals surface area (Å²) in [4.78, 5) is 26.9. The highest BCUT2D eigenvalue weighted by atomic mass is 16.6. The molecular formula is C13H22N2O5. The van der Waals surface area contributed by atoms with Gasteiger partial charge in [0.1, 0.15) is 11.6 Å². The molecule has 114 valence electrons. The van der Waals surface area contributed by atoms with Gasteiger partial charge in [-0.05, 0) is 20.8 Å². The SMILES string of the molecule is CC(C)(C)OC(=O)N1CCN(C2COC2)CC1C(=O)O. The fourth-order valence-corrected chi connectivity index (χ4v) is 2.32. The summed E-state index contributed by atoms with van der Waals surface area (Å²) in [7, 11) is 0. The van der Waals surface area contributed by atoms with Gasteiger partial charge < -0.3 is 14.6 Å². The lowest BCUT2D eigenvalue weighted by Crippen LogP contribution is -2.63. The van der Waals surface area contributed by atoms with E-state index in [1.807, 2.05) is 0 Å². The molecule has 7 heteroatoms. The van der Waals surface area contributed by atoms with E-state index in [0.717, 1.165) is 0 Å². The number of hydrogen-bond donors (Lipinski definition) is 1. The number of ether oxygens (including phenoxy) is 2. The van der Waals surface area contributed by atoms with Gasteiger partial charge in [0.25, 0.3) is 0 Å². The van der Waals surface area contributed by atoms with Crippen LogP contribution in [0, 0.1) is 0 Å². The number of hydrogen-bond acceptors (Lipinski definition) is 5. The van der Waals surface area contributed by atoms with Crippen molar-refractivity contribution >= 4 is 12.1 Å². The van der Waals surface area contributed by atoms with Gasteiger partial charge in [0.2, 0.25) is 0 Å². The molecule has 0 saturated carbocycles. The third-order valence-corrected chi connectivity index (χ3v) is 3.46. The summed E-state index contributed by atoms with van der Waals surface area (Å²) in [6.45, 7) is 7.91. The molecule has 2 fully saturated rings. The standard InChI is InChI=1S/C13H22N2O5/c1-13(2,3)20-12(18)15-5-4-14(9-7-19-8-9)6-10(15)11(16)17/h9-10H,4-8H2,1-3H3,(H,16,17). The Morgan fingerprint density at radius 2 is 1.90 bits per heavy atom. The second kappa shape index (κ2) is 5.57. The first-order valence-corrected chi connectivity index (χ1v) is 6.82. The topological polar surface area (TPSA) is 79.3 Å². The number of carboxylic acids is 1. The van der Waals surface area contributed by atoms with Crippen LogP contribution in [0.3, 0.4) is 0 Å². The van der Waals surface area contributed by atoms with Gasteiger partial charge in [-0.2, -0.15) is 0 Å². The Labute approximate surface area is 118 Å². The van der Waals surface area contributed by atoms with E-state index in [4.69, 9.17) is 9.47 Å². The maximum Gasteiger partial charge on any atom is 0.411 e. The number of carbonyl (C=O) groups excluding carboxylic acids is 1. The monoisotopic (exact) mass is 286 g/mol. The van der Waals surface area contributed by atoms with E-state index in [-0.39, 0.29) is 6.04 Å². The molecule has 2 rings (SSSR count). The quantitative estimate of drug-likeness (QED) is 0.791. The van der Waals surface area contributed by atoms with E-state index >= 15 is 0 Å². The lowest BCUT2D eigenvalue weighted by Gasteiger charge is -2.45. The first-order chi connectivity index (χ1) is 9.28. The molecule has 1 amide bonds. The summed E-state index contributed by atoms with van der Waals surface area (Å²) >= 11 is 0. The van der Waals surface area contributed by atoms with Crippen LogP contribution in [-0.4, -0.2) is 77.5 Å². The smallest absolute Gasteiger partial charge is 0.411 e. The Kier molecular flexibility index (Phi) is 4.19. The van der Waals surface area contributed by atoms with Crippen LogP contribution in [0.2, 0.25) is 0 Å². The average molecular weight is 286 g/mol. The molecule has 0 bridgehead atoms. The molecule has 1 N–H and O–H groups in total. The molecule has 20 heavy (non-hydrogen) atoms. The van der Waals surface area contributed by atoms with Gasteiger partial charge >= 0.3 is 12.1 Å². The van der Waals surface area contributed by atoms with Crippen molar-refractivity contribution in [3.63, 3.8) is 0 Å². The van der Waals surface area contributed by atoms with Crippen LogP contribution in [0.4, 0.5) is 4.79 Å². The predicted octanol–water partition coefficient (Wildman–Crippen LogP) is 0.391. The second-order valence-electron chi connectivity index (χ2n) is 6.21. The van der Waals surface area contributed by atoms with Gasteiger partial charge in [-0.25, -0.2) is 9.59 Å². The lowest BCUT2D eigenvalue weighted by atomic mass is 10.1. The Balaban J connectivity index is 2.01. The van der Waals surface area contributed by atoms with Crippen LogP contribution >= 0.6 is 0 Å². The van der Waals surface area contributed by atoms with Crippen molar-refractivity contribution < 1.29 is 24.2 Å². The number of piperazine rings is 1. The van der Waals surface area contributed by atoms with Crippen LogP contribution in [0.15, 0.2) is 0 Å². The summed E-state index contributed by atoms with van der Waals surface area (Å²) in [6.07, 6.45) is -0.561. The van der Waals surface area contributed by atoms with Crippen molar-refractivity contribution in [2.45, 2.75) is 38.5 Å². The van der Waals surface area contributed by atoms with Gasteiger partial charge in [0, 0.05) is 19.6 Å². The van der Waals surface area contributed by atoms with Crippen LogP contribution < -0.4 is 0 Å². The molecular weight excluding hydrogens is 264 g/mol. The molecule has 0 aromatic heterocycles. The maximum atomic E-state index is 12.1. The van der Waals surface area contributed by atoms with Gasteiger partial charge in [-0.15, -0.1) is 0 Å². The van der Waals surface area contributed by atoms with Crippen LogP contribution in [0.1, 0.15) is 20.8 Å². The third-order valence-electron chi connectivity index (χ3n) is 3.46. The first-order valence-electron chi connectivity index (χ1n) is 6.82. The Hall–Kier alpha value is -1.34. The van der Waals surface area contributed by atoms with E-state index in [2.05, 4.69) is 4.90 Å². The second-order valence-corrected chi connectivity index (χ2v) is 6.21. The molecule has 2 saturated heterocycles. The molecule has 2 aliphatic rings. The van der Waals surface area contributed by atoms with Crippen LogP contribution in [0.5, 0.6) is 0 Å². The Bertz CT molecular complexity index is 389. The first kappa shape index (κ1) is 15.1. The number of aliphatic carboxylic acids is 1. The molecule has 0 spiro atoms. The van der Waals surface area contributed by atoms with E-state index in [0.29, 0.717) is 32.8 Å². The maximum absolute atomic E-state index is 12.1. The van der Waals surface area contributed by atoms with Crippen LogP contribution in [0.25, 0.3) is 0 Å². The Morgan fingerprint density at radius 1 is 1.25 bits per heavy atom. The summed E-state index contributed by atoms with van der Waals surface area (Å²) in [6, 6.07) is -0.586. The number of carboxylic acid groups (broad SMARTS) is 1. The predicted molar refractivity (Wildman–Crippen MR) is 70.5 cm³/mol. The van der Waals surface area contributed by atoms with Crippen molar-refractivity contribution in [3.8, 4) is 0 Å². The van der Waals surface area contributed by atoms with Crippen molar-refractivity contribution in [1.82, 2.24) is 9.80 Å². The van der Waals surface area contributed by atoms with Crippen molar-refractivity contribution in [2.24, 2.45) is 0 Å². The molecule has 0 aromatic carbocycles. The van der Waals surface area contributed by atoms with E-state index < -0.39 is 23.7 Å². The third kappa shape index (κ3) is 3.40. The molecule has 2 heterocycles. The molecule has 0 aromatic rings. The summed E-state index contributed by atoms with van der Waals surface area (Å²) < 4.78 is 10.4. The molecule has 7 nitrogen and oxygen atoms in total. The summed E-state index contributed by atoms with van der Waals surface area (Å²) in [5.41, 5.74) is -0.626. The zero-order valence-electron chi connectivity index (χ0n) is 12.2. The zero-order valence-corrected chi connectivity index (χ0v) is 12.2. The van der Waals surface area contributed by atoms with Crippen LogP contribution in [-0.2, 0) is 14.3 Å². The van der Waals surface area contributed by atoms with E-state index in [9.17, 15) is 14.7 Å². The number of carbonyl (C=O) groups is 2. The van der Waals surface area contributed by atoms with Crippen molar-refractivity contribution in [1.29, 1.82) is 0 Å². The minimum Gasteiger partial charge on any atom is -0.480 e. The minimum absolute atomic E-state index is 0.276. The molecule has 0 aliphatic carbocycles. The number of amides is 1. The fraction of sp³-hybridized carbons (Fsp3) is 0.846.